The number of halogens is 3. The van der Waals surface area contributed by atoms with Crippen molar-refractivity contribution in [1.82, 2.24) is 20.0 Å². The fourth-order valence-electron chi connectivity index (χ4n) is 5.31. The fraction of sp³-hybridized carbons (Fsp3) is 0.303. The van der Waals surface area contributed by atoms with E-state index in [0.29, 0.717) is 42.3 Å². The number of aromatic nitrogens is 2. The van der Waals surface area contributed by atoms with Gasteiger partial charge in [0.25, 0.3) is 11.8 Å². The van der Waals surface area contributed by atoms with E-state index in [1.165, 1.54) is 19.2 Å². The summed E-state index contributed by atoms with van der Waals surface area (Å²) >= 11 is 0. The summed E-state index contributed by atoms with van der Waals surface area (Å²) in [5, 5.41) is 12.9. The molecule has 1 saturated heterocycles. The zero-order valence-electron chi connectivity index (χ0n) is 25.5. The van der Waals surface area contributed by atoms with Crippen LogP contribution >= 0.6 is 0 Å². The SMILES string of the molecule is COc1cc(-c2cnn(C)c2)ccc1C(=O)Nc1cc(NC(=O)c2ccc(CN3CCNCC3C)c(C(F)(F)F)c2)ccc1C. The Balaban J connectivity index is 1.32. The van der Waals surface area contributed by atoms with Crippen LogP contribution in [0.15, 0.2) is 67.0 Å². The number of aryl methyl sites for hydroxylation is 2. The molecular weight excluding hydrogens is 585 g/mol. The molecule has 0 saturated carbocycles. The summed E-state index contributed by atoms with van der Waals surface area (Å²) in [6.45, 7) is 5.94. The lowest BCUT2D eigenvalue weighted by atomic mass is 10.0. The number of carbonyl (C=O) groups excluding carboxylic acids is 2. The molecule has 236 valence electrons. The number of benzene rings is 3. The first-order valence-electron chi connectivity index (χ1n) is 14.5. The van der Waals surface area contributed by atoms with Crippen molar-refractivity contribution in [3.8, 4) is 16.9 Å². The van der Waals surface area contributed by atoms with Crippen molar-refractivity contribution in [2.45, 2.75) is 32.6 Å². The van der Waals surface area contributed by atoms with Crippen LogP contribution in [0.5, 0.6) is 5.75 Å². The molecule has 1 fully saturated rings. The number of amides is 2. The van der Waals surface area contributed by atoms with Gasteiger partial charge < -0.3 is 20.7 Å². The third-order valence-corrected chi connectivity index (χ3v) is 7.92. The van der Waals surface area contributed by atoms with Crippen LogP contribution in [-0.4, -0.2) is 59.3 Å². The van der Waals surface area contributed by atoms with Crippen molar-refractivity contribution in [3.05, 3.63) is 94.8 Å². The molecule has 3 aromatic carbocycles. The topological polar surface area (TPSA) is 101 Å². The molecular formula is C33H35F3N6O3. The maximum atomic E-state index is 14.1. The standard InChI is InChI=1S/C33H35F3N6O3/c1-20-5-9-26(15-29(20)40-32(44)27-10-8-22(14-30(27)45-4)25-17-38-41(3)18-25)39-31(43)23-6-7-24(28(13-23)33(34,35)36)19-42-12-11-37-16-21(42)2/h5-10,13-15,17-18,21,37H,11-12,16,19H2,1-4H3,(H,39,43)(H,40,44). The van der Waals surface area contributed by atoms with Crippen molar-refractivity contribution < 1.29 is 27.5 Å². The van der Waals surface area contributed by atoms with Gasteiger partial charge in [0, 0.05) is 68.0 Å². The number of carbonyl (C=O) groups is 2. The lowest BCUT2D eigenvalue weighted by molar-refractivity contribution is -0.138. The highest BCUT2D eigenvalue weighted by Crippen LogP contribution is 2.34. The van der Waals surface area contributed by atoms with E-state index < -0.39 is 23.6 Å². The van der Waals surface area contributed by atoms with Gasteiger partial charge in [0.1, 0.15) is 5.75 Å². The Hall–Kier alpha value is -4.68. The average Bonchev–Trinajstić information content (AvgIpc) is 3.45. The normalized spacial score (nSPS) is 15.5. The summed E-state index contributed by atoms with van der Waals surface area (Å²) in [5.41, 5.74) is 2.62. The summed E-state index contributed by atoms with van der Waals surface area (Å²) < 4.78 is 49.4. The van der Waals surface area contributed by atoms with E-state index in [4.69, 9.17) is 4.74 Å². The van der Waals surface area contributed by atoms with Gasteiger partial charge in [-0.2, -0.15) is 18.3 Å². The second kappa shape index (κ2) is 13.1. The molecule has 1 atom stereocenters. The number of methoxy groups -OCH3 is 1. The van der Waals surface area contributed by atoms with Gasteiger partial charge in [-0.15, -0.1) is 0 Å². The highest BCUT2D eigenvalue weighted by molar-refractivity contribution is 6.08. The molecule has 1 aromatic heterocycles. The fourth-order valence-corrected chi connectivity index (χ4v) is 5.31. The smallest absolute Gasteiger partial charge is 0.416 e. The van der Waals surface area contributed by atoms with E-state index in [1.807, 2.05) is 25.1 Å². The van der Waals surface area contributed by atoms with Gasteiger partial charge in [-0.25, -0.2) is 0 Å². The molecule has 9 nitrogen and oxygen atoms in total. The van der Waals surface area contributed by atoms with Crippen molar-refractivity contribution in [2.75, 3.05) is 37.4 Å². The third kappa shape index (κ3) is 7.35. The van der Waals surface area contributed by atoms with Crippen LogP contribution in [0.25, 0.3) is 11.1 Å². The predicted octanol–water partition coefficient (Wildman–Crippen LogP) is 5.72. The number of hydrogen-bond acceptors (Lipinski definition) is 6. The van der Waals surface area contributed by atoms with Crippen LogP contribution in [0.2, 0.25) is 0 Å². The van der Waals surface area contributed by atoms with Gasteiger partial charge in [-0.3, -0.25) is 19.2 Å². The zero-order valence-corrected chi connectivity index (χ0v) is 25.5. The number of nitrogens with zero attached hydrogens (tertiary/aromatic N) is 3. The Morgan fingerprint density at radius 3 is 2.53 bits per heavy atom. The zero-order chi connectivity index (χ0) is 32.3. The van der Waals surface area contributed by atoms with Gasteiger partial charge in [0.05, 0.1) is 24.4 Å². The molecule has 0 spiro atoms. The first kappa shape index (κ1) is 31.7. The molecule has 4 aromatic rings. The quantitative estimate of drug-likeness (QED) is 0.233. The van der Waals surface area contributed by atoms with Crippen molar-refractivity contribution >= 4 is 23.2 Å². The Kier molecular flexibility index (Phi) is 9.26. The Bertz CT molecular complexity index is 1720. The van der Waals surface area contributed by atoms with Crippen LogP contribution in [0.4, 0.5) is 24.5 Å². The Morgan fingerprint density at radius 2 is 1.84 bits per heavy atom. The molecule has 5 rings (SSSR count). The molecule has 1 aliphatic heterocycles. The van der Waals surface area contributed by atoms with Crippen molar-refractivity contribution in [2.24, 2.45) is 7.05 Å². The molecule has 3 N–H and O–H groups in total. The third-order valence-electron chi connectivity index (χ3n) is 7.92. The van der Waals surface area contributed by atoms with E-state index in [1.54, 1.807) is 54.2 Å². The summed E-state index contributed by atoms with van der Waals surface area (Å²) in [7, 11) is 3.29. The lowest BCUT2D eigenvalue weighted by Gasteiger charge is -2.34. The molecule has 0 bridgehead atoms. The first-order valence-corrected chi connectivity index (χ1v) is 14.5. The second-order valence-corrected chi connectivity index (χ2v) is 11.1. The number of rotatable bonds is 8. The maximum absolute atomic E-state index is 14.1. The molecule has 12 heteroatoms. The minimum atomic E-state index is -4.62. The number of anilines is 2. The second-order valence-electron chi connectivity index (χ2n) is 11.1. The van der Waals surface area contributed by atoms with E-state index >= 15 is 0 Å². The highest BCUT2D eigenvalue weighted by atomic mass is 19.4. The van der Waals surface area contributed by atoms with Gasteiger partial charge in [-0.1, -0.05) is 18.2 Å². The number of ether oxygens (including phenoxy) is 1. The molecule has 0 radical (unpaired) electrons. The molecule has 0 aliphatic carbocycles. The summed E-state index contributed by atoms with van der Waals surface area (Å²) in [6.07, 6.45) is -1.06. The Labute approximate surface area is 259 Å². The van der Waals surface area contributed by atoms with Crippen LogP contribution in [-0.2, 0) is 19.8 Å². The number of alkyl halides is 3. The maximum Gasteiger partial charge on any atom is 0.416 e. The minimum absolute atomic E-state index is 0.0892. The Morgan fingerprint density at radius 1 is 1.04 bits per heavy atom. The summed E-state index contributed by atoms with van der Waals surface area (Å²) in [6, 6.07) is 13.9. The van der Waals surface area contributed by atoms with E-state index in [0.717, 1.165) is 22.8 Å². The van der Waals surface area contributed by atoms with Crippen LogP contribution in [0, 0.1) is 6.92 Å². The lowest BCUT2D eigenvalue weighted by Crippen LogP contribution is -2.49. The van der Waals surface area contributed by atoms with Gasteiger partial charge in [0.2, 0.25) is 0 Å². The van der Waals surface area contributed by atoms with Gasteiger partial charge >= 0.3 is 6.18 Å². The number of nitrogens with one attached hydrogen (secondary N) is 3. The highest BCUT2D eigenvalue weighted by Gasteiger charge is 2.35. The first-order chi connectivity index (χ1) is 21.4. The molecule has 2 amide bonds. The summed E-state index contributed by atoms with van der Waals surface area (Å²) in [4.78, 5) is 28.4. The summed E-state index contributed by atoms with van der Waals surface area (Å²) in [5.74, 6) is -0.761. The van der Waals surface area contributed by atoms with E-state index in [9.17, 15) is 22.8 Å². The van der Waals surface area contributed by atoms with Crippen molar-refractivity contribution in [3.63, 3.8) is 0 Å². The molecule has 1 aliphatic rings. The number of piperazine rings is 1. The van der Waals surface area contributed by atoms with Gasteiger partial charge in [0.15, 0.2) is 0 Å². The van der Waals surface area contributed by atoms with Gasteiger partial charge in [-0.05, 0) is 66.9 Å². The van der Waals surface area contributed by atoms with Crippen LogP contribution < -0.4 is 20.7 Å². The van der Waals surface area contributed by atoms with Crippen LogP contribution in [0.3, 0.4) is 0 Å². The van der Waals surface area contributed by atoms with Crippen molar-refractivity contribution in [1.29, 1.82) is 0 Å². The predicted molar refractivity (Wildman–Crippen MR) is 166 cm³/mol. The molecule has 2 heterocycles. The number of hydrogen-bond donors (Lipinski definition) is 3. The minimum Gasteiger partial charge on any atom is -0.496 e. The average molecular weight is 621 g/mol. The van der Waals surface area contributed by atoms with Crippen LogP contribution in [0.1, 0.15) is 44.3 Å². The molecule has 45 heavy (non-hydrogen) atoms. The monoisotopic (exact) mass is 620 g/mol. The van der Waals surface area contributed by atoms with E-state index in [2.05, 4.69) is 21.0 Å². The largest absolute Gasteiger partial charge is 0.496 e. The molecule has 1 unspecified atom stereocenters. The van der Waals surface area contributed by atoms with E-state index in [-0.39, 0.29) is 23.7 Å².